The third-order valence-corrected chi connectivity index (χ3v) is 4.26. The van der Waals surface area contributed by atoms with Crippen LogP contribution >= 0.6 is 0 Å². The van der Waals surface area contributed by atoms with E-state index in [1.807, 2.05) is 65.7 Å². The minimum Gasteiger partial charge on any atom is -0.493 e. The number of rotatable bonds is 8. The second-order valence-electron chi connectivity index (χ2n) is 6.08. The fourth-order valence-corrected chi connectivity index (χ4v) is 2.87. The van der Waals surface area contributed by atoms with Crippen molar-refractivity contribution in [2.75, 3.05) is 26.3 Å². The first-order chi connectivity index (χ1) is 13.7. The summed E-state index contributed by atoms with van der Waals surface area (Å²) in [7, 11) is 4.79. The number of hydrazone groups is 1. The number of benzene rings is 3. The van der Waals surface area contributed by atoms with Gasteiger partial charge in [0.2, 0.25) is 5.75 Å². The molecule has 5 nitrogen and oxygen atoms in total. The fourth-order valence-electron chi connectivity index (χ4n) is 2.87. The van der Waals surface area contributed by atoms with Crippen LogP contribution in [0.2, 0.25) is 0 Å². The van der Waals surface area contributed by atoms with Gasteiger partial charge >= 0.3 is 0 Å². The Morgan fingerprint density at radius 2 is 1.36 bits per heavy atom. The minimum absolute atomic E-state index is 0.561. The monoisotopic (exact) mass is 376 g/mol. The lowest BCUT2D eigenvalue weighted by Crippen LogP contribution is -2.16. The number of ether oxygens (including phenoxy) is 3. The molecular formula is C23H24N2O3. The highest BCUT2D eigenvalue weighted by molar-refractivity contribution is 5.83. The van der Waals surface area contributed by atoms with Crippen LogP contribution in [0.3, 0.4) is 0 Å². The van der Waals surface area contributed by atoms with Gasteiger partial charge in [0.15, 0.2) is 11.5 Å². The van der Waals surface area contributed by atoms with Gasteiger partial charge in [0.05, 0.1) is 39.8 Å². The van der Waals surface area contributed by atoms with Crippen LogP contribution in [-0.4, -0.2) is 27.5 Å². The molecule has 28 heavy (non-hydrogen) atoms. The molecule has 3 aromatic carbocycles. The number of hydrogen-bond donors (Lipinski definition) is 0. The maximum absolute atomic E-state index is 5.43. The first-order valence-electron chi connectivity index (χ1n) is 8.95. The van der Waals surface area contributed by atoms with Crippen molar-refractivity contribution in [3.63, 3.8) is 0 Å². The molecule has 0 aliphatic rings. The molecule has 0 bridgehead atoms. The predicted octanol–water partition coefficient (Wildman–Crippen LogP) is 4.75. The number of methoxy groups -OCH3 is 3. The topological polar surface area (TPSA) is 43.3 Å². The van der Waals surface area contributed by atoms with Crippen LogP contribution in [-0.2, 0) is 6.54 Å². The van der Waals surface area contributed by atoms with Gasteiger partial charge < -0.3 is 14.2 Å². The second-order valence-corrected chi connectivity index (χ2v) is 6.08. The van der Waals surface area contributed by atoms with E-state index in [0.717, 1.165) is 11.3 Å². The summed E-state index contributed by atoms with van der Waals surface area (Å²) >= 11 is 0. The lowest BCUT2D eigenvalue weighted by molar-refractivity contribution is 0.324. The van der Waals surface area contributed by atoms with Crippen molar-refractivity contribution in [1.29, 1.82) is 0 Å². The predicted molar refractivity (Wildman–Crippen MR) is 113 cm³/mol. The lowest BCUT2D eigenvalue weighted by atomic mass is 10.2. The average molecular weight is 376 g/mol. The van der Waals surface area contributed by atoms with Crippen molar-refractivity contribution >= 4 is 11.9 Å². The molecule has 0 fully saturated rings. The Labute approximate surface area is 165 Å². The molecule has 0 amide bonds. The number of para-hydroxylation sites is 1. The van der Waals surface area contributed by atoms with Crippen molar-refractivity contribution in [2.24, 2.45) is 5.10 Å². The van der Waals surface area contributed by atoms with Crippen LogP contribution in [0.15, 0.2) is 77.9 Å². The first-order valence-corrected chi connectivity index (χ1v) is 8.95. The first kappa shape index (κ1) is 19.3. The summed E-state index contributed by atoms with van der Waals surface area (Å²) in [6.07, 6.45) is 1.79. The highest BCUT2D eigenvalue weighted by Gasteiger charge is 2.13. The van der Waals surface area contributed by atoms with E-state index in [1.54, 1.807) is 27.5 Å². The molecule has 0 saturated heterocycles. The van der Waals surface area contributed by atoms with Crippen LogP contribution < -0.4 is 19.2 Å². The zero-order valence-corrected chi connectivity index (χ0v) is 16.3. The van der Waals surface area contributed by atoms with Crippen LogP contribution in [0.5, 0.6) is 17.2 Å². The third kappa shape index (κ3) is 4.62. The molecule has 0 unspecified atom stereocenters. The van der Waals surface area contributed by atoms with Crippen molar-refractivity contribution in [3.05, 3.63) is 83.9 Å². The Hall–Kier alpha value is -3.47. The van der Waals surface area contributed by atoms with Crippen LogP contribution in [0.1, 0.15) is 11.1 Å². The molecule has 0 aliphatic heterocycles. The van der Waals surface area contributed by atoms with E-state index in [-0.39, 0.29) is 0 Å². The minimum atomic E-state index is 0.561. The Bertz CT molecular complexity index is 887. The SMILES string of the molecule is COc1cc(C=NN(Cc2ccccc2)c2ccccc2)cc(OC)c1OC. The molecule has 0 spiro atoms. The highest BCUT2D eigenvalue weighted by atomic mass is 16.5. The highest BCUT2D eigenvalue weighted by Crippen LogP contribution is 2.37. The molecule has 3 aromatic rings. The van der Waals surface area contributed by atoms with Gasteiger partial charge in [-0.2, -0.15) is 5.10 Å². The number of nitrogens with zero attached hydrogens (tertiary/aromatic N) is 2. The van der Waals surface area contributed by atoms with E-state index >= 15 is 0 Å². The Morgan fingerprint density at radius 3 is 1.89 bits per heavy atom. The van der Waals surface area contributed by atoms with E-state index in [2.05, 4.69) is 12.1 Å². The smallest absolute Gasteiger partial charge is 0.203 e. The molecule has 0 aliphatic carbocycles. The molecule has 5 heteroatoms. The third-order valence-electron chi connectivity index (χ3n) is 4.26. The fraction of sp³-hybridized carbons (Fsp3) is 0.174. The molecule has 0 aromatic heterocycles. The summed E-state index contributed by atoms with van der Waals surface area (Å²) in [5.74, 6) is 1.75. The zero-order valence-electron chi connectivity index (χ0n) is 16.3. The summed E-state index contributed by atoms with van der Waals surface area (Å²) in [5.41, 5.74) is 3.03. The molecular weight excluding hydrogens is 352 g/mol. The molecule has 144 valence electrons. The van der Waals surface area contributed by atoms with Crippen molar-refractivity contribution in [2.45, 2.75) is 6.54 Å². The molecule has 0 atom stereocenters. The summed E-state index contributed by atoms with van der Waals surface area (Å²) in [6.45, 7) is 0.659. The van der Waals surface area contributed by atoms with Gasteiger partial charge in [-0.3, -0.25) is 5.01 Å². The summed E-state index contributed by atoms with van der Waals surface area (Å²) in [4.78, 5) is 0. The lowest BCUT2D eigenvalue weighted by Gasteiger charge is -2.19. The summed E-state index contributed by atoms with van der Waals surface area (Å²) < 4.78 is 16.2. The van der Waals surface area contributed by atoms with Gasteiger partial charge in [-0.05, 0) is 29.8 Å². The maximum Gasteiger partial charge on any atom is 0.203 e. The van der Waals surface area contributed by atoms with Crippen LogP contribution in [0, 0.1) is 0 Å². The maximum atomic E-state index is 5.43. The van der Waals surface area contributed by atoms with Gasteiger partial charge in [0.25, 0.3) is 0 Å². The van der Waals surface area contributed by atoms with Gasteiger partial charge in [0.1, 0.15) is 0 Å². The molecule has 3 rings (SSSR count). The van der Waals surface area contributed by atoms with E-state index < -0.39 is 0 Å². The van der Waals surface area contributed by atoms with E-state index in [1.165, 1.54) is 5.56 Å². The largest absolute Gasteiger partial charge is 0.493 e. The van der Waals surface area contributed by atoms with Crippen molar-refractivity contribution < 1.29 is 14.2 Å². The Balaban J connectivity index is 1.93. The Morgan fingerprint density at radius 1 is 0.786 bits per heavy atom. The van der Waals surface area contributed by atoms with E-state index in [4.69, 9.17) is 19.3 Å². The van der Waals surface area contributed by atoms with Gasteiger partial charge in [-0.25, -0.2) is 0 Å². The van der Waals surface area contributed by atoms with Crippen molar-refractivity contribution in [3.8, 4) is 17.2 Å². The van der Waals surface area contributed by atoms with Gasteiger partial charge in [-0.15, -0.1) is 0 Å². The second kappa shape index (κ2) is 9.46. The van der Waals surface area contributed by atoms with Gasteiger partial charge in [0, 0.05) is 5.56 Å². The quantitative estimate of drug-likeness (QED) is 0.420. The summed E-state index contributed by atoms with van der Waals surface area (Å²) in [5, 5.41) is 6.68. The summed E-state index contributed by atoms with van der Waals surface area (Å²) in [6, 6.07) is 24.1. The number of anilines is 1. The van der Waals surface area contributed by atoms with E-state index in [0.29, 0.717) is 23.8 Å². The van der Waals surface area contributed by atoms with Crippen LogP contribution in [0.4, 0.5) is 5.69 Å². The normalized spacial score (nSPS) is 10.7. The standard InChI is InChI=1S/C23H24N2O3/c1-26-21-14-19(15-22(27-2)23(21)28-3)16-24-25(20-12-8-5-9-13-20)17-18-10-6-4-7-11-18/h4-16H,17H2,1-3H3. The average Bonchev–Trinajstić information content (AvgIpc) is 2.77. The molecule has 0 saturated carbocycles. The van der Waals surface area contributed by atoms with Gasteiger partial charge in [-0.1, -0.05) is 48.5 Å². The zero-order chi connectivity index (χ0) is 19.8. The molecule has 0 N–H and O–H groups in total. The van der Waals surface area contributed by atoms with E-state index in [9.17, 15) is 0 Å². The molecule has 0 radical (unpaired) electrons. The van der Waals surface area contributed by atoms with Crippen LogP contribution in [0.25, 0.3) is 0 Å². The Kier molecular flexibility index (Phi) is 6.52. The van der Waals surface area contributed by atoms with Crippen molar-refractivity contribution in [1.82, 2.24) is 0 Å². The number of hydrogen-bond acceptors (Lipinski definition) is 5. The molecule has 0 heterocycles.